The third-order valence-electron chi connectivity index (χ3n) is 10.5. The molecule has 56 heavy (non-hydrogen) atoms. The molecule has 0 unspecified atom stereocenters. The third kappa shape index (κ3) is 5.38. The van der Waals surface area contributed by atoms with Crippen molar-refractivity contribution in [2.75, 3.05) is 0 Å². The lowest BCUT2D eigenvalue weighted by molar-refractivity contribution is 1.04. The van der Waals surface area contributed by atoms with Crippen LogP contribution in [0.25, 0.3) is 104 Å². The summed E-state index contributed by atoms with van der Waals surface area (Å²) in [5.74, 6) is 2.52. The molecule has 11 rings (SSSR count). The van der Waals surface area contributed by atoms with E-state index in [-0.39, 0.29) is 0 Å². The van der Waals surface area contributed by atoms with E-state index in [4.69, 9.17) is 19.9 Å². The fourth-order valence-electron chi connectivity index (χ4n) is 7.92. The number of nitrogens with zero attached hydrogens (tertiary/aromatic N) is 5. The molecule has 6 heteroatoms. The largest absolute Gasteiger partial charge is 0.293 e. The average Bonchev–Trinajstić information content (AvgIpc) is 3.82. The number of para-hydroxylation sites is 1. The molecular formula is C50H31N5S. The van der Waals surface area contributed by atoms with Crippen LogP contribution in [-0.4, -0.2) is 24.5 Å². The first-order valence-corrected chi connectivity index (χ1v) is 19.5. The van der Waals surface area contributed by atoms with E-state index in [1.165, 1.54) is 31.3 Å². The first kappa shape index (κ1) is 32.2. The van der Waals surface area contributed by atoms with Crippen molar-refractivity contribution >= 4 is 53.3 Å². The van der Waals surface area contributed by atoms with Crippen LogP contribution in [0, 0.1) is 0 Å². The number of benzene rings is 7. The van der Waals surface area contributed by atoms with Crippen LogP contribution in [-0.2, 0) is 0 Å². The SMILES string of the molecule is c1ccc(-c2ccc(-c3nc(-c4ccccc4)nc(-c4cccnc4-n4c5ccccc5c5cc(-c6cccc7sc8ccccc8c67)ccc54)n3)cc2)cc1. The summed E-state index contributed by atoms with van der Waals surface area (Å²) in [6, 6.07) is 63.7. The number of thiophene rings is 1. The molecule has 0 spiro atoms. The minimum atomic E-state index is 0.558. The van der Waals surface area contributed by atoms with Crippen LogP contribution in [0.4, 0.5) is 0 Å². The van der Waals surface area contributed by atoms with Gasteiger partial charge in [0.25, 0.3) is 0 Å². The van der Waals surface area contributed by atoms with Gasteiger partial charge in [-0.25, -0.2) is 19.9 Å². The fraction of sp³-hybridized carbons (Fsp3) is 0. The van der Waals surface area contributed by atoms with Crippen LogP contribution >= 0.6 is 11.3 Å². The molecule has 0 saturated carbocycles. The minimum absolute atomic E-state index is 0.558. The van der Waals surface area contributed by atoms with Gasteiger partial charge in [0, 0.05) is 48.3 Å². The summed E-state index contributed by atoms with van der Waals surface area (Å²) >= 11 is 1.85. The van der Waals surface area contributed by atoms with Gasteiger partial charge in [-0.3, -0.25) is 4.57 Å². The Bertz CT molecular complexity index is 3240. The molecular weight excluding hydrogens is 703 g/mol. The van der Waals surface area contributed by atoms with Crippen molar-refractivity contribution in [1.29, 1.82) is 0 Å². The molecule has 4 aromatic heterocycles. The lowest BCUT2D eigenvalue weighted by Crippen LogP contribution is -2.05. The summed E-state index contributed by atoms with van der Waals surface area (Å²) in [7, 11) is 0. The van der Waals surface area contributed by atoms with Gasteiger partial charge >= 0.3 is 0 Å². The van der Waals surface area contributed by atoms with E-state index in [0.717, 1.165) is 55.4 Å². The Kier molecular flexibility index (Phi) is 7.60. The van der Waals surface area contributed by atoms with E-state index >= 15 is 0 Å². The lowest BCUT2D eigenvalue weighted by atomic mass is 9.98. The first-order chi connectivity index (χ1) is 27.8. The second kappa shape index (κ2) is 13.2. The van der Waals surface area contributed by atoms with E-state index in [2.05, 4.69) is 144 Å². The van der Waals surface area contributed by atoms with Crippen molar-refractivity contribution in [1.82, 2.24) is 24.5 Å². The second-order valence-corrected chi connectivity index (χ2v) is 14.9. The van der Waals surface area contributed by atoms with Gasteiger partial charge in [0.1, 0.15) is 5.82 Å². The van der Waals surface area contributed by atoms with Gasteiger partial charge in [-0.15, -0.1) is 11.3 Å². The van der Waals surface area contributed by atoms with Gasteiger partial charge in [0.2, 0.25) is 0 Å². The summed E-state index contributed by atoms with van der Waals surface area (Å²) in [6.07, 6.45) is 1.85. The number of fused-ring (bicyclic) bond motifs is 6. The van der Waals surface area contributed by atoms with Crippen molar-refractivity contribution in [3.8, 4) is 62.2 Å². The van der Waals surface area contributed by atoms with E-state index in [9.17, 15) is 0 Å². The smallest absolute Gasteiger partial charge is 0.167 e. The Morgan fingerprint density at radius 1 is 0.375 bits per heavy atom. The quantitative estimate of drug-likeness (QED) is 0.171. The molecule has 0 aliphatic rings. The molecule has 0 aliphatic carbocycles. The summed E-state index contributed by atoms with van der Waals surface area (Å²) in [5, 5.41) is 4.91. The predicted molar refractivity (Wildman–Crippen MR) is 232 cm³/mol. The highest BCUT2D eigenvalue weighted by atomic mass is 32.1. The number of hydrogen-bond donors (Lipinski definition) is 0. The van der Waals surface area contributed by atoms with Gasteiger partial charge in [0.05, 0.1) is 16.6 Å². The highest BCUT2D eigenvalue weighted by Crippen LogP contribution is 2.42. The fourth-order valence-corrected chi connectivity index (χ4v) is 9.05. The standard InChI is InChI=1S/C50H31N5S/c1-3-13-32(14-4-1)33-24-26-35(27-25-33)48-52-47(34-15-5-2-6-16-34)53-49(54-48)40-20-12-30-51-50(40)55-42-21-9-7-17-38(42)41-31-36(28-29-43(41)55)37-19-11-23-45-46(37)39-18-8-10-22-44(39)56-45/h1-31H. The average molecular weight is 734 g/mol. The molecule has 0 amide bonds. The maximum atomic E-state index is 5.16. The van der Waals surface area contributed by atoms with E-state index in [1.54, 1.807) is 0 Å². The second-order valence-electron chi connectivity index (χ2n) is 13.9. The number of rotatable bonds is 6. The van der Waals surface area contributed by atoms with Crippen molar-refractivity contribution in [3.63, 3.8) is 0 Å². The third-order valence-corrected chi connectivity index (χ3v) is 11.7. The van der Waals surface area contributed by atoms with Crippen LogP contribution in [0.5, 0.6) is 0 Å². The Morgan fingerprint density at radius 2 is 0.946 bits per heavy atom. The molecule has 7 aromatic carbocycles. The minimum Gasteiger partial charge on any atom is -0.293 e. The number of pyridine rings is 1. The lowest BCUT2D eigenvalue weighted by Gasteiger charge is -2.14. The monoisotopic (exact) mass is 733 g/mol. The molecule has 0 atom stereocenters. The zero-order chi connectivity index (χ0) is 37.0. The van der Waals surface area contributed by atoms with Crippen molar-refractivity contribution in [2.45, 2.75) is 0 Å². The van der Waals surface area contributed by atoms with Crippen molar-refractivity contribution in [3.05, 3.63) is 188 Å². The van der Waals surface area contributed by atoms with Gasteiger partial charge in [-0.2, -0.15) is 0 Å². The molecule has 262 valence electrons. The summed E-state index contributed by atoms with van der Waals surface area (Å²) in [6.45, 7) is 0. The highest BCUT2D eigenvalue weighted by molar-refractivity contribution is 7.25. The molecule has 0 radical (unpaired) electrons. The van der Waals surface area contributed by atoms with Crippen molar-refractivity contribution in [2.24, 2.45) is 0 Å². The molecule has 11 aromatic rings. The topological polar surface area (TPSA) is 56.5 Å². The van der Waals surface area contributed by atoms with Crippen LogP contribution in [0.3, 0.4) is 0 Å². The van der Waals surface area contributed by atoms with Gasteiger partial charge in [-0.1, -0.05) is 140 Å². The number of aromatic nitrogens is 5. The Morgan fingerprint density at radius 3 is 1.75 bits per heavy atom. The van der Waals surface area contributed by atoms with E-state index in [1.807, 2.05) is 60.0 Å². The van der Waals surface area contributed by atoms with E-state index < -0.39 is 0 Å². The van der Waals surface area contributed by atoms with Crippen LogP contribution in [0.15, 0.2) is 188 Å². The molecule has 0 aliphatic heterocycles. The Hall–Kier alpha value is -7.28. The van der Waals surface area contributed by atoms with Gasteiger partial charge in [0.15, 0.2) is 17.5 Å². The Labute approximate surface area is 326 Å². The predicted octanol–water partition coefficient (Wildman–Crippen LogP) is 13.1. The molecule has 0 N–H and O–H groups in total. The molecule has 0 saturated heterocycles. The highest BCUT2D eigenvalue weighted by Gasteiger charge is 2.21. The summed E-state index contributed by atoms with van der Waals surface area (Å²) < 4.78 is 4.85. The molecule has 5 nitrogen and oxygen atoms in total. The summed E-state index contributed by atoms with van der Waals surface area (Å²) in [5.41, 5.74) is 9.49. The van der Waals surface area contributed by atoms with Crippen LogP contribution < -0.4 is 0 Å². The summed E-state index contributed by atoms with van der Waals surface area (Å²) in [4.78, 5) is 20.4. The molecule has 0 fully saturated rings. The zero-order valence-corrected chi connectivity index (χ0v) is 30.9. The normalized spacial score (nSPS) is 11.6. The van der Waals surface area contributed by atoms with Crippen LogP contribution in [0.2, 0.25) is 0 Å². The van der Waals surface area contributed by atoms with Gasteiger partial charge in [-0.05, 0) is 64.7 Å². The maximum absolute atomic E-state index is 5.16. The maximum Gasteiger partial charge on any atom is 0.167 e. The first-order valence-electron chi connectivity index (χ1n) is 18.6. The van der Waals surface area contributed by atoms with Gasteiger partial charge < -0.3 is 0 Å². The van der Waals surface area contributed by atoms with Crippen LogP contribution in [0.1, 0.15) is 0 Å². The van der Waals surface area contributed by atoms with E-state index in [0.29, 0.717) is 17.5 Å². The molecule has 4 heterocycles. The molecule has 0 bridgehead atoms. The Balaban J connectivity index is 1.09. The number of hydrogen-bond acceptors (Lipinski definition) is 5. The zero-order valence-electron chi connectivity index (χ0n) is 30.0. The van der Waals surface area contributed by atoms with Crippen molar-refractivity contribution < 1.29 is 0 Å².